The Kier molecular flexibility index (Phi) is 7.11. The maximum Gasteiger partial charge on any atom is 0.156 e. The highest BCUT2D eigenvalue weighted by Gasteiger charge is 2.35. The van der Waals surface area contributed by atoms with Crippen LogP contribution in [-0.2, 0) is 0 Å². The average molecular weight is 734 g/mol. The molecule has 4 aliphatic rings. The minimum Gasteiger partial charge on any atom is -0.453 e. The summed E-state index contributed by atoms with van der Waals surface area (Å²) in [4.78, 5) is 4.41. The lowest BCUT2D eigenvalue weighted by Gasteiger charge is -2.37. The Bertz CT molecular complexity index is 2070. The van der Waals surface area contributed by atoms with Gasteiger partial charge >= 0.3 is 0 Å². The highest BCUT2D eigenvalue weighted by molar-refractivity contribution is 9.10. The van der Waals surface area contributed by atoms with Crippen LogP contribution < -0.4 is 28.7 Å². The van der Waals surface area contributed by atoms with Gasteiger partial charge in [-0.05, 0) is 78.9 Å². The Morgan fingerprint density at radius 3 is 1.26 bits per heavy atom. The van der Waals surface area contributed by atoms with Crippen molar-refractivity contribution in [3.63, 3.8) is 0 Å². The quantitative estimate of drug-likeness (QED) is 0.155. The first-order chi connectivity index (χ1) is 22.6. The van der Waals surface area contributed by atoms with Crippen molar-refractivity contribution in [2.45, 2.75) is 13.8 Å². The summed E-state index contributed by atoms with van der Waals surface area (Å²) >= 11 is 7.04. The van der Waals surface area contributed by atoms with Gasteiger partial charge in [0.1, 0.15) is 11.4 Å². The number of fused-ring (bicyclic) bond motifs is 8. The Morgan fingerprint density at radius 2 is 0.739 bits per heavy atom. The smallest absolute Gasteiger partial charge is 0.156 e. The van der Waals surface area contributed by atoms with Gasteiger partial charge in [-0.25, -0.2) is 0 Å². The van der Waals surface area contributed by atoms with Crippen LogP contribution >= 0.6 is 31.9 Å². The molecular weight excluding hydrogens is 708 g/mol. The molecule has 0 spiro atoms. The largest absolute Gasteiger partial charge is 0.453 e. The Hall–Kier alpha value is -4.92. The number of anilines is 6. The van der Waals surface area contributed by atoms with E-state index in [2.05, 4.69) is 65.9 Å². The van der Waals surface area contributed by atoms with Crippen molar-refractivity contribution in [1.82, 2.24) is 0 Å². The Morgan fingerprint density at radius 1 is 0.370 bits per heavy atom. The van der Waals surface area contributed by atoms with E-state index in [-0.39, 0.29) is 0 Å². The van der Waals surface area contributed by atoms with Crippen LogP contribution in [-0.4, -0.2) is 0 Å². The third-order valence-corrected chi connectivity index (χ3v) is 8.73. The fourth-order valence-corrected chi connectivity index (χ4v) is 6.72. The highest BCUT2D eigenvalue weighted by atomic mass is 79.9. The van der Waals surface area contributed by atoms with E-state index >= 15 is 0 Å². The maximum atomic E-state index is 6.07. The zero-order valence-electron chi connectivity index (χ0n) is 24.8. The van der Waals surface area contributed by atoms with E-state index in [4.69, 9.17) is 18.9 Å². The van der Waals surface area contributed by atoms with Crippen molar-refractivity contribution in [3.05, 3.63) is 130 Å². The molecule has 6 aromatic carbocycles. The number of nitrogens with zero attached hydrogens (tertiary/aromatic N) is 2. The van der Waals surface area contributed by atoms with E-state index in [9.17, 15) is 0 Å². The zero-order valence-corrected chi connectivity index (χ0v) is 28.0. The molecule has 8 heteroatoms. The second-order valence-electron chi connectivity index (χ2n) is 10.4. The minimum atomic E-state index is 0.789. The standard InChI is InChI=1S/2C18H10BrNO2.C2H6/c19-11-9-16-18-17(10-11)22-15-8-4-2-6-13(15)20(18)12-5-1-3-7-14(12)21-16;19-11-8-9-13-17(10-11)22-16-7-3-6-15-18(16)20(13)12-4-1-2-5-14(12)21-15;1-2/h2*1-10H;1-2H3. The molecule has 46 heavy (non-hydrogen) atoms. The van der Waals surface area contributed by atoms with E-state index in [1.165, 1.54) is 0 Å². The lowest BCUT2D eigenvalue weighted by Crippen LogP contribution is -2.20. The summed E-state index contributed by atoms with van der Waals surface area (Å²) in [5.41, 5.74) is 5.98. The predicted molar refractivity (Wildman–Crippen MR) is 189 cm³/mol. The second-order valence-corrected chi connectivity index (χ2v) is 12.3. The van der Waals surface area contributed by atoms with Crippen LogP contribution in [0.25, 0.3) is 0 Å². The molecule has 0 radical (unpaired) electrons. The number of para-hydroxylation sites is 7. The molecule has 0 unspecified atom stereocenters. The predicted octanol–water partition coefficient (Wildman–Crippen LogP) is 13.3. The van der Waals surface area contributed by atoms with E-state index < -0.39 is 0 Å². The highest BCUT2D eigenvalue weighted by Crippen LogP contribution is 2.61. The molecule has 10 rings (SSSR count). The van der Waals surface area contributed by atoms with Crippen molar-refractivity contribution in [2.24, 2.45) is 0 Å². The molecule has 6 nitrogen and oxygen atoms in total. The molecule has 0 saturated carbocycles. The SMILES string of the molecule is Brc1cc2c3c(c1)Oc1ccccc1N3c1ccccc1O2.Brc1ccc2c(c1)Oc1cccc3c1N2c1ccccc1O3.CC. The number of hydrogen-bond donors (Lipinski definition) is 0. The monoisotopic (exact) mass is 732 g/mol. The van der Waals surface area contributed by atoms with E-state index in [0.29, 0.717) is 0 Å². The minimum absolute atomic E-state index is 0.789. The van der Waals surface area contributed by atoms with Gasteiger partial charge in [0.25, 0.3) is 0 Å². The number of halogens is 2. The average Bonchev–Trinajstić information content (AvgIpc) is 3.09. The van der Waals surface area contributed by atoms with Crippen LogP contribution in [0.3, 0.4) is 0 Å². The van der Waals surface area contributed by atoms with Crippen LogP contribution in [0, 0.1) is 0 Å². The summed E-state index contributed by atoms with van der Waals surface area (Å²) in [6.45, 7) is 4.00. The van der Waals surface area contributed by atoms with Crippen molar-refractivity contribution in [1.29, 1.82) is 0 Å². The number of benzene rings is 6. The van der Waals surface area contributed by atoms with Crippen molar-refractivity contribution >= 4 is 66.0 Å². The molecule has 4 heterocycles. The summed E-state index contributed by atoms with van der Waals surface area (Å²) in [5, 5.41) is 0. The lowest BCUT2D eigenvalue weighted by atomic mass is 10.1. The van der Waals surface area contributed by atoms with Crippen LogP contribution in [0.15, 0.2) is 130 Å². The third-order valence-electron chi connectivity index (χ3n) is 7.77. The molecule has 0 N–H and O–H groups in total. The molecule has 0 fully saturated rings. The van der Waals surface area contributed by atoms with Gasteiger partial charge < -0.3 is 18.9 Å². The third kappa shape index (κ3) is 4.59. The molecule has 6 aromatic rings. The fourth-order valence-electron chi connectivity index (χ4n) is 5.97. The molecule has 0 saturated heterocycles. The molecular formula is C38H26Br2N2O4. The maximum absolute atomic E-state index is 6.07. The second kappa shape index (κ2) is 11.5. The molecule has 0 bridgehead atoms. The zero-order chi connectivity index (χ0) is 31.4. The van der Waals surface area contributed by atoms with Crippen LogP contribution in [0.5, 0.6) is 46.0 Å². The number of ether oxygens (including phenoxy) is 4. The van der Waals surface area contributed by atoms with Crippen LogP contribution in [0.4, 0.5) is 34.1 Å². The van der Waals surface area contributed by atoms with Gasteiger partial charge in [0.15, 0.2) is 46.0 Å². The first-order valence-corrected chi connectivity index (χ1v) is 16.6. The van der Waals surface area contributed by atoms with E-state index in [1.807, 2.05) is 111 Å². The Balaban J connectivity index is 0.000000129. The molecule has 0 aliphatic carbocycles. The van der Waals surface area contributed by atoms with Crippen molar-refractivity contribution in [3.8, 4) is 46.0 Å². The van der Waals surface area contributed by atoms with Crippen LogP contribution in [0.1, 0.15) is 13.8 Å². The van der Waals surface area contributed by atoms with Gasteiger partial charge in [0.2, 0.25) is 0 Å². The molecule has 226 valence electrons. The molecule has 0 amide bonds. The molecule has 4 aliphatic heterocycles. The van der Waals surface area contributed by atoms with Gasteiger partial charge in [-0.15, -0.1) is 0 Å². The van der Waals surface area contributed by atoms with Gasteiger partial charge in [0, 0.05) is 8.95 Å². The van der Waals surface area contributed by atoms with Gasteiger partial charge in [-0.2, -0.15) is 0 Å². The van der Waals surface area contributed by atoms with Gasteiger partial charge in [-0.1, -0.05) is 88.2 Å². The first kappa shape index (κ1) is 28.5. The van der Waals surface area contributed by atoms with Crippen molar-refractivity contribution in [2.75, 3.05) is 9.80 Å². The van der Waals surface area contributed by atoms with Crippen molar-refractivity contribution < 1.29 is 18.9 Å². The first-order valence-electron chi connectivity index (χ1n) is 15.0. The molecule has 0 aromatic heterocycles. The topological polar surface area (TPSA) is 43.4 Å². The Labute approximate surface area is 283 Å². The lowest BCUT2D eigenvalue weighted by molar-refractivity contribution is 0.445. The summed E-state index contributed by atoms with van der Waals surface area (Å²) in [6.07, 6.45) is 0. The number of rotatable bonds is 0. The number of hydrogen-bond acceptors (Lipinski definition) is 6. The summed E-state index contributed by atoms with van der Waals surface area (Å²) in [5.74, 6) is 6.56. The van der Waals surface area contributed by atoms with Gasteiger partial charge in [-0.3, -0.25) is 9.80 Å². The van der Waals surface area contributed by atoms with E-state index in [1.54, 1.807) is 0 Å². The van der Waals surface area contributed by atoms with E-state index in [0.717, 1.165) is 89.1 Å². The molecule has 0 atom stereocenters. The normalized spacial score (nSPS) is 13.0. The summed E-state index contributed by atoms with van der Waals surface area (Å²) < 4.78 is 26.2. The summed E-state index contributed by atoms with van der Waals surface area (Å²) in [6, 6.07) is 40.0. The van der Waals surface area contributed by atoms with Crippen LogP contribution in [0.2, 0.25) is 0 Å². The fraction of sp³-hybridized carbons (Fsp3) is 0.0526. The van der Waals surface area contributed by atoms with Gasteiger partial charge in [0.05, 0.1) is 22.7 Å². The summed E-state index contributed by atoms with van der Waals surface area (Å²) in [7, 11) is 0.